The zero-order valence-corrected chi connectivity index (χ0v) is 16.9. The maximum Gasteiger partial charge on any atom is 0.271 e. The number of carbonyl (C=O) groups is 1. The number of aromatic nitrogens is 4. The van der Waals surface area contributed by atoms with Gasteiger partial charge in [0.1, 0.15) is 22.3 Å². The number of amides is 1. The van der Waals surface area contributed by atoms with Gasteiger partial charge in [-0.25, -0.2) is 9.97 Å². The fraction of sp³-hybridized carbons (Fsp3) is 0.100. The predicted octanol–water partition coefficient (Wildman–Crippen LogP) is 4.19. The van der Waals surface area contributed by atoms with E-state index in [1.54, 1.807) is 24.6 Å². The number of ether oxygens (including phenoxy) is 1. The van der Waals surface area contributed by atoms with Crippen LogP contribution in [-0.2, 0) is 6.54 Å². The standard InChI is InChI=1S/C20H16ClN5O2S/c1-28-15-8-4-12(5-9-15)18-24-17(25-26-18)10-22-19(27)16-11-29-20(23-16)13-2-6-14(21)7-3-13/h2-9,11H,10H2,1H3,(H,22,27)(H,24,25,26). The van der Waals surface area contributed by atoms with Crippen molar-refractivity contribution in [3.63, 3.8) is 0 Å². The molecule has 146 valence electrons. The molecule has 0 aliphatic heterocycles. The summed E-state index contributed by atoms with van der Waals surface area (Å²) in [5.41, 5.74) is 2.12. The van der Waals surface area contributed by atoms with E-state index < -0.39 is 0 Å². The van der Waals surface area contributed by atoms with Crippen LogP contribution in [-0.4, -0.2) is 33.2 Å². The van der Waals surface area contributed by atoms with Crippen LogP contribution in [0.15, 0.2) is 53.9 Å². The Kier molecular flexibility index (Phi) is 5.55. The summed E-state index contributed by atoms with van der Waals surface area (Å²) in [6.45, 7) is 0.218. The van der Waals surface area contributed by atoms with Gasteiger partial charge in [0, 0.05) is 21.5 Å². The van der Waals surface area contributed by atoms with Crippen LogP contribution >= 0.6 is 22.9 Å². The molecule has 0 atom stereocenters. The van der Waals surface area contributed by atoms with E-state index in [9.17, 15) is 4.79 Å². The van der Waals surface area contributed by atoms with Gasteiger partial charge >= 0.3 is 0 Å². The van der Waals surface area contributed by atoms with Gasteiger partial charge in [0.15, 0.2) is 5.82 Å². The van der Waals surface area contributed by atoms with Crippen LogP contribution in [0.2, 0.25) is 5.02 Å². The molecule has 2 aromatic carbocycles. The number of nitrogens with one attached hydrogen (secondary N) is 2. The molecule has 2 heterocycles. The second-order valence-corrected chi connectivity index (χ2v) is 7.36. The lowest BCUT2D eigenvalue weighted by molar-refractivity contribution is 0.0945. The summed E-state index contributed by atoms with van der Waals surface area (Å²) >= 11 is 7.31. The molecule has 0 spiro atoms. The van der Waals surface area contributed by atoms with Gasteiger partial charge < -0.3 is 10.1 Å². The smallest absolute Gasteiger partial charge is 0.271 e. The molecule has 4 aromatic rings. The number of H-pyrrole nitrogens is 1. The van der Waals surface area contributed by atoms with Crippen LogP contribution in [0, 0.1) is 0 Å². The molecule has 7 nitrogen and oxygen atoms in total. The third-order valence-electron chi connectivity index (χ3n) is 4.12. The largest absolute Gasteiger partial charge is 0.497 e. The van der Waals surface area contributed by atoms with Gasteiger partial charge in [0.25, 0.3) is 5.91 Å². The highest BCUT2D eigenvalue weighted by molar-refractivity contribution is 7.13. The first-order valence-electron chi connectivity index (χ1n) is 8.68. The highest BCUT2D eigenvalue weighted by atomic mass is 35.5. The van der Waals surface area contributed by atoms with Crippen molar-refractivity contribution in [3.05, 3.63) is 70.5 Å². The van der Waals surface area contributed by atoms with Crippen LogP contribution in [0.5, 0.6) is 5.75 Å². The number of rotatable bonds is 6. The Labute approximate surface area is 175 Å². The predicted molar refractivity (Wildman–Crippen MR) is 112 cm³/mol. The average molecular weight is 426 g/mol. The van der Waals surface area contributed by atoms with Gasteiger partial charge in [-0.3, -0.25) is 9.89 Å². The number of thiazole rings is 1. The topological polar surface area (TPSA) is 92.8 Å². The monoisotopic (exact) mass is 425 g/mol. The molecule has 4 rings (SSSR count). The molecule has 0 saturated carbocycles. The maximum absolute atomic E-state index is 12.4. The quantitative estimate of drug-likeness (QED) is 0.483. The molecule has 29 heavy (non-hydrogen) atoms. The number of hydrogen-bond acceptors (Lipinski definition) is 6. The summed E-state index contributed by atoms with van der Waals surface area (Å²) in [5, 5.41) is 13.0. The molecule has 0 bridgehead atoms. The second-order valence-electron chi connectivity index (χ2n) is 6.06. The third-order valence-corrected chi connectivity index (χ3v) is 5.27. The van der Waals surface area contributed by atoms with E-state index in [1.807, 2.05) is 36.4 Å². The van der Waals surface area contributed by atoms with E-state index in [0.29, 0.717) is 22.4 Å². The Morgan fingerprint density at radius 1 is 1.10 bits per heavy atom. The minimum atomic E-state index is -0.274. The van der Waals surface area contributed by atoms with Gasteiger partial charge in [0.05, 0.1) is 13.7 Å². The van der Waals surface area contributed by atoms with Crippen LogP contribution in [0.4, 0.5) is 0 Å². The average Bonchev–Trinajstić information content (AvgIpc) is 3.43. The molecular weight excluding hydrogens is 410 g/mol. The summed E-state index contributed by atoms with van der Waals surface area (Å²) in [6.07, 6.45) is 0. The number of methoxy groups -OCH3 is 1. The Hall–Kier alpha value is -3.23. The number of benzene rings is 2. The molecular formula is C20H16ClN5O2S. The van der Waals surface area contributed by atoms with E-state index in [-0.39, 0.29) is 12.5 Å². The third kappa shape index (κ3) is 4.44. The van der Waals surface area contributed by atoms with Gasteiger partial charge in [0.2, 0.25) is 0 Å². The molecule has 0 radical (unpaired) electrons. The molecule has 9 heteroatoms. The highest BCUT2D eigenvalue weighted by Crippen LogP contribution is 2.25. The summed E-state index contributed by atoms with van der Waals surface area (Å²) in [7, 11) is 1.61. The summed E-state index contributed by atoms with van der Waals surface area (Å²) < 4.78 is 5.15. The summed E-state index contributed by atoms with van der Waals surface area (Å²) in [6, 6.07) is 14.8. The Morgan fingerprint density at radius 2 is 1.83 bits per heavy atom. The lowest BCUT2D eigenvalue weighted by atomic mass is 10.2. The van der Waals surface area contributed by atoms with E-state index >= 15 is 0 Å². The Balaban J connectivity index is 1.38. The highest BCUT2D eigenvalue weighted by Gasteiger charge is 2.13. The van der Waals surface area contributed by atoms with Crippen LogP contribution in [0.1, 0.15) is 16.3 Å². The van der Waals surface area contributed by atoms with E-state index in [2.05, 4.69) is 25.5 Å². The van der Waals surface area contributed by atoms with Gasteiger partial charge in [-0.1, -0.05) is 23.7 Å². The van der Waals surface area contributed by atoms with Gasteiger partial charge in [-0.2, -0.15) is 5.10 Å². The maximum atomic E-state index is 12.4. The first kappa shape index (κ1) is 19.1. The van der Waals surface area contributed by atoms with Crippen molar-refractivity contribution in [2.24, 2.45) is 0 Å². The molecule has 2 N–H and O–H groups in total. The zero-order chi connectivity index (χ0) is 20.2. The van der Waals surface area contributed by atoms with Crippen molar-refractivity contribution in [2.75, 3.05) is 7.11 Å². The van der Waals surface area contributed by atoms with Crippen molar-refractivity contribution >= 4 is 28.8 Å². The van der Waals surface area contributed by atoms with Crippen LogP contribution in [0.25, 0.3) is 22.0 Å². The molecule has 0 aliphatic rings. The van der Waals surface area contributed by atoms with E-state index in [1.165, 1.54) is 11.3 Å². The number of hydrogen-bond donors (Lipinski definition) is 2. The van der Waals surface area contributed by atoms with Crippen molar-refractivity contribution in [1.29, 1.82) is 0 Å². The van der Waals surface area contributed by atoms with Crippen molar-refractivity contribution in [1.82, 2.24) is 25.5 Å². The number of halogens is 1. The number of nitrogens with zero attached hydrogens (tertiary/aromatic N) is 3. The van der Waals surface area contributed by atoms with Gasteiger partial charge in [-0.15, -0.1) is 11.3 Å². The molecule has 0 unspecified atom stereocenters. The normalized spacial score (nSPS) is 10.7. The molecule has 0 fully saturated rings. The SMILES string of the molecule is COc1ccc(-c2n[nH]c(CNC(=O)c3csc(-c4ccc(Cl)cc4)n3)n2)cc1. The Bertz CT molecular complexity index is 1120. The minimum Gasteiger partial charge on any atom is -0.497 e. The first-order valence-corrected chi connectivity index (χ1v) is 9.93. The van der Waals surface area contributed by atoms with Crippen LogP contribution in [0.3, 0.4) is 0 Å². The molecule has 0 aliphatic carbocycles. The Morgan fingerprint density at radius 3 is 2.55 bits per heavy atom. The fourth-order valence-corrected chi connectivity index (χ4v) is 3.53. The van der Waals surface area contributed by atoms with Gasteiger partial charge in [-0.05, 0) is 36.4 Å². The zero-order valence-electron chi connectivity index (χ0n) is 15.3. The van der Waals surface area contributed by atoms with Crippen molar-refractivity contribution in [2.45, 2.75) is 6.54 Å². The van der Waals surface area contributed by atoms with Crippen molar-refractivity contribution < 1.29 is 9.53 Å². The van der Waals surface area contributed by atoms with E-state index in [4.69, 9.17) is 16.3 Å². The van der Waals surface area contributed by atoms with Crippen LogP contribution < -0.4 is 10.1 Å². The first-order chi connectivity index (χ1) is 14.1. The fourth-order valence-electron chi connectivity index (χ4n) is 2.60. The van der Waals surface area contributed by atoms with E-state index in [0.717, 1.165) is 21.9 Å². The lowest BCUT2D eigenvalue weighted by Crippen LogP contribution is -2.23. The lowest BCUT2D eigenvalue weighted by Gasteiger charge is -2.00. The molecule has 2 aromatic heterocycles. The summed E-state index contributed by atoms with van der Waals surface area (Å²) in [4.78, 5) is 21.2. The summed E-state index contributed by atoms with van der Waals surface area (Å²) in [5.74, 6) is 1.59. The van der Waals surface area contributed by atoms with Crippen molar-refractivity contribution in [3.8, 4) is 27.7 Å². The minimum absolute atomic E-state index is 0.218. The molecule has 0 saturated heterocycles. The number of aromatic amines is 1. The number of carbonyl (C=O) groups excluding carboxylic acids is 1. The second kappa shape index (κ2) is 8.42. The molecule has 1 amide bonds.